The molecule has 3 rings (SSSR count). The lowest BCUT2D eigenvalue weighted by atomic mass is 10.2. The van der Waals surface area contributed by atoms with E-state index in [1.54, 1.807) is 24.4 Å². The molecule has 1 amide bonds. The molecule has 0 fully saturated rings. The molecule has 2 aromatic rings. The molecule has 7 heteroatoms. The molecule has 114 valence electrons. The number of benzene rings is 1. The van der Waals surface area contributed by atoms with E-state index in [4.69, 9.17) is 5.73 Å². The second-order valence-electron chi connectivity index (χ2n) is 5.09. The molecule has 1 aliphatic rings. The molecule has 0 unspecified atom stereocenters. The lowest BCUT2D eigenvalue weighted by Gasteiger charge is -2.15. The highest BCUT2D eigenvalue weighted by molar-refractivity contribution is 7.90. The summed E-state index contributed by atoms with van der Waals surface area (Å²) in [4.78, 5) is 11.8. The van der Waals surface area contributed by atoms with Crippen molar-refractivity contribution in [2.24, 2.45) is 5.73 Å². The quantitative estimate of drug-likeness (QED) is 0.889. The normalized spacial score (nSPS) is 13.5. The van der Waals surface area contributed by atoms with Crippen molar-refractivity contribution in [3.63, 3.8) is 0 Å². The maximum Gasteiger partial charge on any atom is 0.268 e. The number of nitrogens with zero attached hydrogens (tertiary/aromatic N) is 1. The maximum absolute atomic E-state index is 12.9. The third-order valence-corrected chi connectivity index (χ3v) is 5.32. The molecule has 0 radical (unpaired) electrons. The number of rotatable bonds is 3. The number of nitrogens with one attached hydrogen (secondary N) is 1. The van der Waals surface area contributed by atoms with Crippen LogP contribution in [0.25, 0.3) is 6.08 Å². The molecule has 3 N–H and O–H groups in total. The Morgan fingerprint density at radius 3 is 2.59 bits per heavy atom. The summed E-state index contributed by atoms with van der Waals surface area (Å²) in [5, 5.41) is 2.95. The maximum atomic E-state index is 12.9. The van der Waals surface area contributed by atoms with Crippen LogP contribution in [0.5, 0.6) is 0 Å². The van der Waals surface area contributed by atoms with Gasteiger partial charge in [-0.25, -0.2) is 12.4 Å². The van der Waals surface area contributed by atoms with E-state index >= 15 is 0 Å². The average Bonchev–Trinajstić information content (AvgIpc) is 2.88. The average molecular weight is 317 g/mol. The van der Waals surface area contributed by atoms with Gasteiger partial charge in [-0.15, -0.1) is 0 Å². The number of hydrogen-bond donors (Lipinski definition) is 2. The van der Waals surface area contributed by atoms with Gasteiger partial charge < -0.3 is 11.1 Å². The topological polar surface area (TPSA) is 94.2 Å². The van der Waals surface area contributed by atoms with E-state index in [9.17, 15) is 13.2 Å². The van der Waals surface area contributed by atoms with Crippen LogP contribution in [0.4, 0.5) is 0 Å². The van der Waals surface area contributed by atoms with E-state index < -0.39 is 15.9 Å². The number of primary amides is 1. The van der Waals surface area contributed by atoms with Crippen molar-refractivity contribution in [3.05, 3.63) is 59.0 Å². The number of carbonyl (C=O) groups is 1. The minimum absolute atomic E-state index is 0.0427. The fraction of sp³-hybridized carbons (Fsp3) is 0.133. The largest absolute Gasteiger partial charge is 0.385 e. The Kier molecular flexibility index (Phi) is 3.29. The number of carbonyl (C=O) groups excluding carboxylic acids is 1. The molecule has 22 heavy (non-hydrogen) atoms. The molecular formula is C15H15N3O3S. The highest BCUT2D eigenvalue weighted by Crippen LogP contribution is 2.26. The van der Waals surface area contributed by atoms with Crippen LogP contribution in [0.15, 0.2) is 41.4 Å². The van der Waals surface area contributed by atoms with Crippen LogP contribution in [0.1, 0.15) is 27.3 Å². The molecule has 0 saturated carbocycles. The first-order chi connectivity index (χ1) is 10.4. The van der Waals surface area contributed by atoms with E-state index in [1.165, 1.54) is 18.2 Å². The monoisotopic (exact) mass is 317 g/mol. The Labute approximate surface area is 128 Å². The van der Waals surface area contributed by atoms with E-state index in [0.717, 1.165) is 9.54 Å². The Morgan fingerprint density at radius 2 is 1.95 bits per heavy atom. The van der Waals surface area contributed by atoms with Crippen molar-refractivity contribution in [3.8, 4) is 0 Å². The first kappa shape index (κ1) is 14.4. The second kappa shape index (κ2) is 5.03. The summed E-state index contributed by atoms with van der Waals surface area (Å²) in [6.07, 6.45) is 3.42. The standard InChI is InChI=1S/C15H15N3O3S/c1-10-2-4-12(5-3-10)22(20,21)18-13(15(16)19)8-11-6-7-17-9-14(11)18/h2-8,17H,9H2,1H3,(H2,16,19). The highest BCUT2D eigenvalue weighted by Gasteiger charge is 2.28. The van der Waals surface area contributed by atoms with Crippen LogP contribution in [0, 0.1) is 6.92 Å². The fourth-order valence-electron chi connectivity index (χ4n) is 2.44. The van der Waals surface area contributed by atoms with Gasteiger partial charge in [-0.05, 0) is 37.4 Å². The van der Waals surface area contributed by atoms with Gasteiger partial charge in [-0.1, -0.05) is 17.7 Å². The SMILES string of the molecule is Cc1ccc(S(=O)(=O)n2c(C(N)=O)cc3c2CNC=C3)cc1. The van der Waals surface area contributed by atoms with Crippen molar-refractivity contribution in [1.82, 2.24) is 9.29 Å². The van der Waals surface area contributed by atoms with Crippen LogP contribution in [0.2, 0.25) is 0 Å². The number of fused-ring (bicyclic) bond motifs is 1. The minimum Gasteiger partial charge on any atom is -0.385 e. The van der Waals surface area contributed by atoms with Crippen LogP contribution in [-0.4, -0.2) is 18.3 Å². The van der Waals surface area contributed by atoms with Crippen LogP contribution < -0.4 is 11.1 Å². The Bertz CT molecular complexity index is 878. The van der Waals surface area contributed by atoms with Crippen LogP contribution >= 0.6 is 0 Å². The van der Waals surface area contributed by atoms with Gasteiger partial charge in [0, 0.05) is 5.56 Å². The summed E-state index contributed by atoms with van der Waals surface area (Å²) in [5.41, 5.74) is 7.43. The molecule has 0 atom stereocenters. The predicted molar refractivity (Wildman–Crippen MR) is 82.6 cm³/mol. The van der Waals surface area contributed by atoms with Gasteiger partial charge in [0.05, 0.1) is 17.1 Å². The molecule has 0 aliphatic carbocycles. The van der Waals surface area contributed by atoms with Gasteiger partial charge in [0.25, 0.3) is 15.9 Å². The summed E-state index contributed by atoms with van der Waals surface area (Å²) in [6.45, 7) is 2.18. The molecule has 2 heterocycles. The minimum atomic E-state index is -3.89. The number of hydrogen-bond acceptors (Lipinski definition) is 4. The van der Waals surface area contributed by atoms with Gasteiger partial charge in [0.15, 0.2) is 0 Å². The van der Waals surface area contributed by atoms with E-state index in [1.807, 2.05) is 6.92 Å². The summed E-state index contributed by atoms with van der Waals surface area (Å²) >= 11 is 0. The second-order valence-corrected chi connectivity index (χ2v) is 6.88. The first-order valence-corrected chi connectivity index (χ1v) is 8.12. The van der Waals surface area contributed by atoms with Crippen molar-refractivity contribution in [2.45, 2.75) is 18.4 Å². The van der Waals surface area contributed by atoms with Crippen molar-refractivity contribution < 1.29 is 13.2 Å². The molecule has 0 spiro atoms. The van der Waals surface area contributed by atoms with Gasteiger partial charge >= 0.3 is 0 Å². The number of aryl methyl sites for hydroxylation is 1. The summed E-state index contributed by atoms with van der Waals surface area (Å²) in [7, 11) is -3.89. The lowest BCUT2D eigenvalue weighted by molar-refractivity contribution is 0.0994. The smallest absolute Gasteiger partial charge is 0.268 e. The Hall–Kier alpha value is -2.54. The fourth-order valence-corrected chi connectivity index (χ4v) is 3.99. The molecular weight excluding hydrogens is 302 g/mol. The molecule has 6 nitrogen and oxygen atoms in total. The van der Waals surface area contributed by atoms with E-state index in [0.29, 0.717) is 17.8 Å². The van der Waals surface area contributed by atoms with Gasteiger partial charge in [0.1, 0.15) is 5.69 Å². The highest BCUT2D eigenvalue weighted by atomic mass is 32.2. The summed E-state index contributed by atoms with van der Waals surface area (Å²) < 4.78 is 26.8. The van der Waals surface area contributed by atoms with Crippen LogP contribution in [-0.2, 0) is 16.6 Å². The third kappa shape index (κ3) is 2.19. The zero-order valence-corrected chi connectivity index (χ0v) is 12.7. The lowest BCUT2D eigenvalue weighted by Crippen LogP contribution is -2.26. The molecule has 0 saturated heterocycles. The summed E-state index contributed by atoms with van der Waals surface area (Å²) in [5.74, 6) is -0.779. The third-order valence-electron chi connectivity index (χ3n) is 3.55. The van der Waals surface area contributed by atoms with E-state index in [-0.39, 0.29) is 10.6 Å². The number of nitrogens with two attached hydrogens (primary N) is 1. The molecule has 0 bridgehead atoms. The van der Waals surface area contributed by atoms with Crippen LogP contribution in [0.3, 0.4) is 0 Å². The number of amides is 1. The van der Waals surface area contributed by atoms with Gasteiger partial charge in [0.2, 0.25) is 0 Å². The zero-order chi connectivity index (χ0) is 15.9. The molecule has 1 aliphatic heterocycles. The zero-order valence-electron chi connectivity index (χ0n) is 11.9. The molecule has 1 aromatic heterocycles. The predicted octanol–water partition coefficient (Wildman–Crippen LogP) is 1.21. The van der Waals surface area contributed by atoms with Crippen molar-refractivity contribution in [2.75, 3.05) is 0 Å². The first-order valence-electron chi connectivity index (χ1n) is 6.68. The van der Waals surface area contributed by atoms with Gasteiger partial charge in [-0.2, -0.15) is 0 Å². The summed E-state index contributed by atoms with van der Waals surface area (Å²) in [6, 6.07) is 7.97. The van der Waals surface area contributed by atoms with E-state index in [2.05, 4.69) is 5.32 Å². The molecule has 1 aromatic carbocycles. The van der Waals surface area contributed by atoms with Crippen molar-refractivity contribution >= 4 is 22.0 Å². The van der Waals surface area contributed by atoms with Crippen molar-refractivity contribution in [1.29, 1.82) is 0 Å². The Morgan fingerprint density at radius 1 is 1.27 bits per heavy atom. The van der Waals surface area contributed by atoms with Gasteiger partial charge in [-0.3, -0.25) is 4.79 Å². The number of aromatic nitrogens is 1. The Balaban J connectivity index is 2.26.